The van der Waals surface area contributed by atoms with Gasteiger partial charge in [0.05, 0.1) is 21.3 Å². The number of rotatable bonds is 8. The molecule has 0 aromatic heterocycles. The molecule has 0 bridgehead atoms. The zero-order valence-corrected chi connectivity index (χ0v) is 13.8. The molecule has 2 aromatic carbocycles. The van der Waals surface area contributed by atoms with Gasteiger partial charge in [0.2, 0.25) is 5.75 Å². The highest BCUT2D eigenvalue weighted by atomic mass is 16.5. The van der Waals surface area contributed by atoms with E-state index < -0.39 is 0 Å². The van der Waals surface area contributed by atoms with Crippen molar-refractivity contribution in [2.24, 2.45) is 0 Å². The summed E-state index contributed by atoms with van der Waals surface area (Å²) in [5.74, 6) is 2.20. The number of ether oxygens (including phenoxy) is 3. The van der Waals surface area contributed by atoms with Crippen LogP contribution in [-0.2, 0) is 13.0 Å². The molecular weight excluding hydrogens is 294 g/mol. The molecule has 0 atom stereocenters. The van der Waals surface area contributed by atoms with E-state index in [1.807, 2.05) is 24.3 Å². The highest BCUT2D eigenvalue weighted by Gasteiger charge is 2.12. The molecule has 23 heavy (non-hydrogen) atoms. The van der Waals surface area contributed by atoms with Crippen LogP contribution in [0, 0.1) is 0 Å². The lowest BCUT2D eigenvalue weighted by molar-refractivity contribution is 0.323. The van der Waals surface area contributed by atoms with Crippen molar-refractivity contribution in [2.75, 3.05) is 27.9 Å². The Labute approximate surface area is 136 Å². The van der Waals surface area contributed by atoms with Crippen LogP contribution in [0.2, 0.25) is 0 Å². The fourth-order valence-electron chi connectivity index (χ4n) is 2.37. The number of aromatic hydroxyl groups is 1. The maximum absolute atomic E-state index is 9.27. The minimum absolute atomic E-state index is 0.291. The van der Waals surface area contributed by atoms with Crippen molar-refractivity contribution in [3.05, 3.63) is 47.5 Å². The molecule has 124 valence electrons. The molecule has 0 fully saturated rings. The van der Waals surface area contributed by atoms with Gasteiger partial charge in [-0.1, -0.05) is 12.1 Å². The van der Waals surface area contributed by atoms with Gasteiger partial charge in [-0.15, -0.1) is 0 Å². The third kappa shape index (κ3) is 4.53. The summed E-state index contributed by atoms with van der Waals surface area (Å²) in [5, 5.41) is 12.7. The van der Waals surface area contributed by atoms with Crippen LogP contribution in [0.25, 0.3) is 0 Å². The number of phenols is 1. The Morgan fingerprint density at radius 2 is 1.48 bits per heavy atom. The molecule has 0 saturated carbocycles. The van der Waals surface area contributed by atoms with Gasteiger partial charge in [-0.2, -0.15) is 0 Å². The van der Waals surface area contributed by atoms with Gasteiger partial charge in [-0.3, -0.25) is 0 Å². The summed E-state index contributed by atoms with van der Waals surface area (Å²) >= 11 is 0. The van der Waals surface area contributed by atoms with Gasteiger partial charge in [0.1, 0.15) is 5.75 Å². The zero-order valence-electron chi connectivity index (χ0n) is 13.8. The topological polar surface area (TPSA) is 60.0 Å². The number of hydrogen-bond donors (Lipinski definition) is 2. The molecular formula is C18H23NO4. The Bertz CT molecular complexity index is 600. The van der Waals surface area contributed by atoms with E-state index >= 15 is 0 Å². The molecule has 0 aliphatic rings. The molecule has 0 amide bonds. The van der Waals surface area contributed by atoms with Crippen LogP contribution in [0.3, 0.4) is 0 Å². The van der Waals surface area contributed by atoms with Gasteiger partial charge in [0, 0.05) is 6.54 Å². The molecule has 0 aliphatic carbocycles. The number of methoxy groups -OCH3 is 3. The molecule has 0 radical (unpaired) electrons. The van der Waals surface area contributed by atoms with E-state index in [4.69, 9.17) is 14.2 Å². The van der Waals surface area contributed by atoms with Crippen LogP contribution in [-0.4, -0.2) is 33.0 Å². The van der Waals surface area contributed by atoms with E-state index in [0.29, 0.717) is 29.5 Å². The summed E-state index contributed by atoms with van der Waals surface area (Å²) < 4.78 is 16.0. The Morgan fingerprint density at radius 3 is 2.00 bits per heavy atom. The van der Waals surface area contributed by atoms with Crippen molar-refractivity contribution < 1.29 is 19.3 Å². The van der Waals surface area contributed by atoms with E-state index in [9.17, 15) is 5.11 Å². The molecule has 0 saturated heterocycles. The summed E-state index contributed by atoms with van der Waals surface area (Å²) in [5.41, 5.74) is 2.24. The maximum atomic E-state index is 9.27. The van der Waals surface area contributed by atoms with Crippen LogP contribution in [0.1, 0.15) is 11.1 Å². The molecule has 0 spiro atoms. The van der Waals surface area contributed by atoms with E-state index in [0.717, 1.165) is 18.5 Å². The highest BCUT2D eigenvalue weighted by Crippen LogP contribution is 2.38. The number of benzene rings is 2. The molecule has 5 heteroatoms. The van der Waals surface area contributed by atoms with Crippen LogP contribution >= 0.6 is 0 Å². The summed E-state index contributed by atoms with van der Waals surface area (Å²) in [6, 6.07) is 11.1. The minimum Gasteiger partial charge on any atom is -0.508 e. The predicted molar refractivity (Wildman–Crippen MR) is 89.6 cm³/mol. The largest absolute Gasteiger partial charge is 0.508 e. The Balaban J connectivity index is 1.93. The minimum atomic E-state index is 0.291. The summed E-state index contributed by atoms with van der Waals surface area (Å²) in [6.07, 6.45) is 0.894. The standard InChI is InChI=1S/C18H23NO4/c1-21-16-10-14(11-17(22-2)18(16)23-3)12-19-9-8-13-4-6-15(20)7-5-13/h4-7,10-11,19-20H,8-9,12H2,1-3H3. The Hall–Kier alpha value is -2.40. The van der Waals surface area contributed by atoms with Gasteiger partial charge in [-0.25, -0.2) is 0 Å². The molecule has 0 heterocycles. The monoisotopic (exact) mass is 317 g/mol. The first-order chi connectivity index (χ1) is 11.2. The van der Waals surface area contributed by atoms with Gasteiger partial charge >= 0.3 is 0 Å². The summed E-state index contributed by atoms with van der Waals surface area (Å²) in [6.45, 7) is 1.54. The van der Waals surface area contributed by atoms with Crippen LogP contribution in [0.15, 0.2) is 36.4 Å². The van der Waals surface area contributed by atoms with E-state index in [1.54, 1.807) is 33.5 Å². The van der Waals surface area contributed by atoms with Gasteiger partial charge in [0.25, 0.3) is 0 Å². The summed E-state index contributed by atoms with van der Waals surface area (Å²) in [7, 11) is 4.81. The Morgan fingerprint density at radius 1 is 0.870 bits per heavy atom. The number of nitrogens with one attached hydrogen (secondary N) is 1. The van der Waals surface area contributed by atoms with Crippen LogP contribution in [0.5, 0.6) is 23.0 Å². The lowest BCUT2D eigenvalue weighted by atomic mass is 10.1. The SMILES string of the molecule is COc1cc(CNCCc2ccc(O)cc2)cc(OC)c1OC. The normalized spacial score (nSPS) is 10.4. The Kier molecular flexibility index (Phi) is 6.11. The summed E-state index contributed by atoms with van der Waals surface area (Å²) in [4.78, 5) is 0. The van der Waals surface area contributed by atoms with Gasteiger partial charge < -0.3 is 24.6 Å². The lowest BCUT2D eigenvalue weighted by Gasteiger charge is -2.14. The lowest BCUT2D eigenvalue weighted by Crippen LogP contribution is -2.16. The third-order valence-electron chi connectivity index (χ3n) is 3.58. The van der Waals surface area contributed by atoms with Gasteiger partial charge in [-0.05, 0) is 48.4 Å². The van der Waals surface area contributed by atoms with E-state index in [2.05, 4.69) is 5.32 Å². The van der Waals surface area contributed by atoms with Crippen molar-refractivity contribution in [3.8, 4) is 23.0 Å². The van der Waals surface area contributed by atoms with Crippen LogP contribution < -0.4 is 19.5 Å². The van der Waals surface area contributed by atoms with E-state index in [1.165, 1.54) is 5.56 Å². The zero-order chi connectivity index (χ0) is 16.7. The average Bonchev–Trinajstić information content (AvgIpc) is 2.59. The number of hydrogen-bond acceptors (Lipinski definition) is 5. The maximum Gasteiger partial charge on any atom is 0.203 e. The van der Waals surface area contributed by atoms with Crippen LogP contribution in [0.4, 0.5) is 0 Å². The van der Waals surface area contributed by atoms with Crippen molar-refractivity contribution in [2.45, 2.75) is 13.0 Å². The average molecular weight is 317 g/mol. The van der Waals surface area contributed by atoms with Crippen molar-refractivity contribution in [1.29, 1.82) is 0 Å². The molecule has 2 N–H and O–H groups in total. The first-order valence-corrected chi connectivity index (χ1v) is 7.45. The van der Waals surface area contributed by atoms with E-state index in [-0.39, 0.29) is 0 Å². The fourth-order valence-corrected chi connectivity index (χ4v) is 2.37. The fraction of sp³-hybridized carbons (Fsp3) is 0.333. The first kappa shape index (κ1) is 17.0. The molecule has 0 aliphatic heterocycles. The third-order valence-corrected chi connectivity index (χ3v) is 3.58. The molecule has 2 aromatic rings. The predicted octanol–water partition coefficient (Wildman–Crippen LogP) is 2.75. The van der Waals surface area contributed by atoms with Gasteiger partial charge in [0.15, 0.2) is 11.5 Å². The van der Waals surface area contributed by atoms with Crippen molar-refractivity contribution in [3.63, 3.8) is 0 Å². The number of phenolic OH excluding ortho intramolecular Hbond substituents is 1. The highest BCUT2D eigenvalue weighted by molar-refractivity contribution is 5.53. The second kappa shape index (κ2) is 8.29. The quantitative estimate of drug-likeness (QED) is 0.733. The molecule has 0 unspecified atom stereocenters. The van der Waals surface area contributed by atoms with Crippen molar-refractivity contribution >= 4 is 0 Å². The molecule has 2 rings (SSSR count). The second-order valence-corrected chi connectivity index (χ2v) is 5.13. The first-order valence-electron chi connectivity index (χ1n) is 7.45. The second-order valence-electron chi connectivity index (χ2n) is 5.13. The smallest absolute Gasteiger partial charge is 0.203 e. The molecule has 5 nitrogen and oxygen atoms in total. The van der Waals surface area contributed by atoms with Crippen molar-refractivity contribution in [1.82, 2.24) is 5.32 Å².